The standard InChI is InChI=1S/C11H16N4/c1-8-4-5-15-9(6-8)13-10(14-15)11(2,3)7-12/h4-6H,7,12H2,1-3H3. The van der Waals surface area contributed by atoms with Gasteiger partial charge in [-0.1, -0.05) is 13.8 Å². The van der Waals surface area contributed by atoms with Crippen LogP contribution in [0.3, 0.4) is 0 Å². The molecule has 4 heteroatoms. The highest BCUT2D eigenvalue weighted by Crippen LogP contribution is 2.18. The molecular formula is C11H16N4. The number of aromatic nitrogens is 3. The van der Waals surface area contributed by atoms with E-state index in [1.54, 1.807) is 4.52 Å². The molecule has 2 aromatic heterocycles. The predicted molar refractivity (Wildman–Crippen MR) is 59.8 cm³/mol. The van der Waals surface area contributed by atoms with Crippen LogP contribution in [0.2, 0.25) is 0 Å². The van der Waals surface area contributed by atoms with E-state index in [0.717, 1.165) is 11.5 Å². The van der Waals surface area contributed by atoms with E-state index in [2.05, 4.69) is 23.9 Å². The Morgan fingerprint density at radius 2 is 2.20 bits per heavy atom. The highest BCUT2D eigenvalue weighted by atomic mass is 15.3. The van der Waals surface area contributed by atoms with Crippen molar-refractivity contribution in [3.63, 3.8) is 0 Å². The van der Waals surface area contributed by atoms with Gasteiger partial charge in [-0.25, -0.2) is 9.50 Å². The number of hydrogen-bond donors (Lipinski definition) is 1. The van der Waals surface area contributed by atoms with Gasteiger partial charge in [-0.15, -0.1) is 0 Å². The molecule has 0 aliphatic rings. The van der Waals surface area contributed by atoms with E-state index in [1.165, 1.54) is 5.56 Å². The Bertz CT molecular complexity index is 484. The van der Waals surface area contributed by atoms with Crippen LogP contribution in [-0.4, -0.2) is 21.1 Å². The van der Waals surface area contributed by atoms with E-state index in [9.17, 15) is 0 Å². The first-order valence-electron chi connectivity index (χ1n) is 5.06. The molecule has 2 rings (SSSR count). The maximum absolute atomic E-state index is 5.70. The highest BCUT2D eigenvalue weighted by Gasteiger charge is 2.23. The Morgan fingerprint density at radius 1 is 1.47 bits per heavy atom. The summed E-state index contributed by atoms with van der Waals surface area (Å²) in [5.41, 5.74) is 7.60. The van der Waals surface area contributed by atoms with Gasteiger partial charge in [-0.2, -0.15) is 5.10 Å². The first kappa shape index (κ1) is 10.1. The van der Waals surface area contributed by atoms with Gasteiger partial charge < -0.3 is 5.73 Å². The molecule has 0 aliphatic carbocycles. The molecule has 15 heavy (non-hydrogen) atoms. The molecule has 0 aromatic carbocycles. The van der Waals surface area contributed by atoms with Gasteiger partial charge in [-0.3, -0.25) is 0 Å². The third kappa shape index (κ3) is 1.72. The third-order valence-electron chi connectivity index (χ3n) is 2.61. The van der Waals surface area contributed by atoms with Crippen molar-refractivity contribution in [2.45, 2.75) is 26.2 Å². The average Bonchev–Trinajstić information content (AvgIpc) is 2.61. The maximum atomic E-state index is 5.70. The molecule has 0 spiro atoms. The number of aryl methyl sites for hydroxylation is 1. The number of nitrogens with zero attached hydrogens (tertiary/aromatic N) is 3. The summed E-state index contributed by atoms with van der Waals surface area (Å²) in [5, 5.41) is 4.42. The Kier molecular flexibility index (Phi) is 2.23. The molecule has 0 unspecified atom stereocenters. The molecule has 0 saturated carbocycles. The maximum Gasteiger partial charge on any atom is 0.158 e. The summed E-state index contributed by atoms with van der Waals surface area (Å²) in [6, 6.07) is 4.03. The molecule has 0 radical (unpaired) electrons. The van der Waals surface area contributed by atoms with Crippen LogP contribution >= 0.6 is 0 Å². The zero-order valence-corrected chi connectivity index (χ0v) is 9.36. The first-order chi connectivity index (χ1) is 7.03. The van der Waals surface area contributed by atoms with Crippen molar-refractivity contribution in [3.05, 3.63) is 29.7 Å². The van der Waals surface area contributed by atoms with Crippen molar-refractivity contribution < 1.29 is 0 Å². The number of nitrogens with two attached hydrogens (primary N) is 1. The first-order valence-corrected chi connectivity index (χ1v) is 5.06. The Hall–Kier alpha value is -1.42. The average molecular weight is 204 g/mol. The van der Waals surface area contributed by atoms with Crippen molar-refractivity contribution in [2.75, 3.05) is 6.54 Å². The zero-order valence-electron chi connectivity index (χ0n) is 9.36. The van der Waals surface area contributed by atoms with Gasteiger partial charge in [0.2, 0.25) is 0 Å². The summed E-state index contributed by atoms with van der Waals surface area (Å²) in [4.78, 5) is 4.49. The van der Waals surface area contributed by atoms with Crippen molar-refractivity contribution in [1.29, 1.82) is 0 Å². The molecule has 0 atom stereocenters. The van der Waals surface area contributed by atoms with Gasteiger partial charge >= 0.3 is 0 Å². The van der Waals surface area contributed by atoms with Crippen molar-refractivity contribution in [1.82, 2.24) is 14.6 Å². The topological polar surface area (TPSA) is 56.2 Å². The normalized spacial score (nSPS) is 12.3. The predicted octanol–water partition coefficient (Wildman–Crippen LogP) is 1.27. The lowest BCUT2D eigenvalue weighted by atomic mass is 9.93. The van der Waals surface area contributed by atoms with E-state index < -0.39 is 0 Å². The fourth-order valence-electron chi connectivity index (χ4n) is 1.36. The molecule has 0 amide bonds. The smallest absolute Gasteiger partial charge is 0.158 e. The van der Waals surface area contributed by atoms with Gasteiger partial charge in [0.05, 0.1) is 0 Å². The van der Waals surface area contributed by atoms with Gasteiger partial charge in [0, 0.05) is 18.2 Å². The Balaban J connectivity index is 2.56. The zero-order chi connectivity index (χ0) is 11.1. The van der Waals surface area contributed by atoms with Crippen molar-refractivity contribution >= 4 is 5.65 Å². The summed E-state index contributed by atoms with van der Waals surface area (Å²) < 4.78 is 1.79. The Labute approximate surface area is 89.1 Å². The molecule has 80 valence electrons. The van der Waals surface area contributed by atoms with Crippen LogP contribution in [0.15, 0.2) is 18.3 Å². The van der Waals surface area contributed by atoms with Gasteiger partial charge in [0.1, 0.15) is 0 Å². The van der Waals surface area contributed by atoms with Crippen LogP contribution in [0.25, 0.3) is 5.65 Å². The minimum atomic E-state index is -0.167. The lowest BCUT2D eigenvalue weighted by Gasteiger charge is -2.16. The van der Waals surface area contributed by atoms with Crippen LogP contribution in [0.5, 0.6) is 0 Å². The lowest BCUT2D eigenvalue weighted by Crippen LogP contribution is -2.29. The van der Waals surface area contributed by atoms with Gasteiger partial charge in [-0.05, 0) is 24.6 Å². The van der Waals surface area contributed by atoms with Gasteiger partial charge in [0.25, 0.3) is 0 Å². The summed E-state index contributed by atoms with van der Waals surface area (Å²) in [6.45, 7) is 6.69. The largest absolute Gasteiger partial charge is 0.329 e. The monoisotopic (exact) mass is 204 g/mol. The van der Waals surface area contributed by atoms with Crippen LogP contribution in [0, 0.1) is 6.92 Å². The fraction of sp³-hybridized carbons (Fsp3) is 0.455. The summed E-state index contributed by atoms with van der Waals surface area (Å²) in [5.74, 6) is 0.801. The molecule has 2 N–H and O–H groups in total. The number of pyridine rings is 1. The van der Waals surface area contributed by atoms with Crippen LogP contribution in [-0.2, 0) is 5.41 Å². The minimum Gasteiger partial charge on any atom is -0.329 e. The molecule has 4 nitrogen and oxygen atoms in total. The number of hydrogen-bond acceptors (Lipinski definition) is 3. The van der Waals surface area contributed by atoms with Crippen LogP contribution in [0.4, 0.5) is 0 Å². The molecule has 0 saturated heterocycles. The van der Waals surface area contributed by atoms with Crippen molar-refractivity contribution in [3.8, 4) is 0 Å². The number of rotatable bonds is 2. The van der Waals surface area contributed by atoms with E-state index in [-0.39, 0.29) is 5.41 Å². The Morgan fingerprint density at radius 3 is 2.87 bits per heavy atom. The van der Waals surface area contributed by atoms with E-state index >= 15 is 0 Å². The quantitative estimate of drug-likeness (QED) is 0.801. The molecular weight excluding hydrogens is 188 g/mol. The second-order valence-corrected chi connectivity index (χ2v) is 4.53. The lowest BCUT2D eigenvalue weighted by molar-refractivity contribution is 0.502. The molecule has 2 aromatic rings. The molecule has 0 fully saturated rings. The highest BCUT2D eigenvalue weighted by molar-refractivity contribution is 5.40. The van der Waals surface area contributed by atoms with E-state index in [0.29, 0.717) is 6.54 Å². The molecule has 2 heterocycles. The van der Waals surface area contributed by atoms with Crippen LogP contribution < -0.4 is 5.73 Å². The fourth-order valence-corrected chi connectivity index (χ4v) is 1.36. The summed E-state index contributed by atoms with van der Waals surface area (Å²) in [6.07, 6.45) is 1.92. The summed E-state index contributed by atoms with van der Waals surface area (Å²) >= 11 is 0. The SMILES string of the molecule is Cc1ccn2nc(C(C)(C)CN)nc2c1. The minimum absolute atomic E-state index is 0.167. The second kappa shape index (κ2) is 3.31. The second-order valence-electron chi connectivity index (χ2n) is 4.53. The molecule has 0 bridgehead atoms. The molecule has 0 aliphatic heterocycles. The summed E-state index contributed by atoms with van der Waals surface area (Å²) in [7, 11) is 0. The van der Waals surface area contributed by atoms with Crippen LogP contribution in [0.1, 0.15) is 25.2 Å². The third-order valence-corrected chi connectivity index (χ3v) is 2.61. The van der Waals surface area contributed by atoms with Crippen molar-refractivity contribution in [2.24, 2.45) is 5.73 Å². The van der Waals surface area contributed by atoms with Gasteiger partial charge in [0.15, 0.2) is 11.5 Å². The van der Waals surface area contributed by atoms with E-state index in [1.807, 2.05) is 25.3 Å². The number of fused-ring (bicyclic) bond motifs is 1. The van der Waals surface area contributed by atoms with E-state index in [4.69, 9.17) is 5.73 Å².